The Hall–Kier alpha value is -0.890. The predicted molar refractivity (Wildman–Crippen MR) is 74.4 cm³/mol. The van der Waals surface area contributed by atoms with Crippen LogP contribution < -0.4 is 10.5 Å². The first-order valence-electron chi connectivity index (χ1n) is 6.15. The molecule has 0 aliphatic heterocycles. The number of anilines is 1. The van der Waals surface area contributed by atoms with Crippen molar-refractivity contribution in [1.82, 2.24) is 4.72 Å². The molecule has 2 rings (SSSR count). The molecule has 0 heterocycles. The number of benzene rings is 1. The van der Waals surface area contributed by atoms with E-state index in [4.69, 9.17) is 22.4 Å². The molecule has 8 heteroatoms. The molecule has 0 saturated heterocycles. The molecule has 0 amide bonds. The van der Waals surface area contributed by atoms with Crippen molar-refractivity contribution in [3.05, 3.63) is 23.0 Å². The SMILES string of the molecule is Nc1cc(S(=O)(=O)NCC2(CCO)CC2)c(Cl)cc1F. The molecule has 0 bridgehead atoms. The van der Waals surface area contributed by atoms with Gasteiger partial charge in [0.25, 0.3) is 0 Å². The lowest BCUT2D eigenvalue weighted by atomic mass is 10.0. The van der Waals surface area contributed by atoms with Crippen LogP contribution in [0, 0.1) is 11.2 Å². The minimum Gasteiger partial charge on any atom is -0.396 e. The molecule has 112 valence electrons. The maximum atomic E-state index is 13.2. The smallest absolute Gasteiger partial charge is 0.242 e. The lowest BCUT2D eigenvalue weighted by molar-refractivity contribution is 0.249. The fourth-order valence-corrected chi connectivity index (χ4v) is 3.71. The molecule has 5 nitrogen and oxygen atoms in total. The van der Waals surface area contributed by atoms with Crippen LogP contribution >= 0.6 is 11.6 Å². The normalized spacial score (nSPS) is 17.1. The fourth-order valence-electron chi connectivity index (χ4n) is 2.01. The van der Waals surface area contributed by atoms with Gasteiger partial charge in [-0.2, -0.15) is 0 Å². The summed E-state index contributed by atoms with van der Waals surface area (Å²) < 4.78 is 39.9. The van der Waals surface area contributed by atoms with Gasteiger partial charge in [0.15, 0.2) is 0 Å². The molecular formula is C12H16ClFN2O3S. The maximum Gasteiger partial charge on any atom is 0.242 e. The first kappa shape index (κ1) is 15.5. The maximum absolute atomic E-state index is 13.2. The Kier molecular flexibility index (Phi) is 4.24. The van der Waals surface area contributed by atoms with E-state index in [-0.39, 0.29) is 34.2 Å². The summed E-state index contributed by atoms with van der Waals surface area (Å²) in [7, 11) is -3.85. The minimum absolute atomic E-state index is 0.0198. The van der Waals surface area contributed by atoms with Crippen molar-refractivity contribution in [2.24, 2.45) is 5.41 Å². The standard InChI is InChI=1S/C12H16ClFN2O3S/c13-8-5-9(14)10(15)6-11(8)20(18,19)16-7-12(1-2-12)3-4-17/h5-6,16-17H,1-4,7,15H2. The number of aliphatic hydroxyl groups excluding tert-OH is 1. The third-order valence-electron chi connectivity index (χ3n) is 3.58. The molecule has 20 heavy (non-hydrogen) atoms. The second kappa shape index (κ2) is 5.48. The van der Waals surface area contributed by atoms with Crippen molar-refractivity contribution < 1.29 is 17.9 Å². The fraction of sp³-hybridized carbons (Fsp3) is 0.500. The summed E-state index contributed by atoms with van der Waals surface area (Å²) in [6.45, 7) is 0.246. The zero-order valence-electron chi connectivity index (χ0n) is 10.7. The van der Waals surface area contributed by atoms with Gasteiger partial charge in [-0.15, -0.1) is 0 Å². The summed E-state index contributed by atoms with van der Waals surface area (Å²) in [6, 6.07) is 1.89. The summed E-state index contributed by atoms with van der Waals surface area (Å²) in [5.74, 6) is -0.757. The van der Waals surface area contributed by atoms with Crippen LogP contribution in [0.15, 0.2) is 17.0 Å². The number of nitrogens with two attached hydrogens (primary N) is 1. The Morgan fingerprint density at radius 3 is 2.65 bits per heavy atom. The van der Waals surface area contributed by atoms with Gasteiger partial charge in [0, 0.05) is 13.2 Å². The van der Waals surface area contributed by atoms with Gasteiger partial charge < -0.3 is 10.8 Å². The summed E-state index contributed by atoms with van der Waals surface area (Å²) in [5.41, 5.74) is 4.93. The van der Waals surface area contributed by atoms with E-state index < -0.39 is 15.8 Å². The van der Waals surface area contributed by atoms with E-state index in [1.807, 2.05) is 0 Å². The van der Waals surface area contributed by atoms with Gasteiger partial charge >= 0.3 is 0 Å². The summed E-state index contributed by atoms with van der Waals surface area (Å²) in [6.07, 6.45) is 2.29. The van der Waals surface area contributed by atoms with E-state index in [0.29, 0.717) is 6.42 Å². The van der Waals surface area contributed by atoms with Gasteiger partial charge in [0.05, 0.1) is 10.7 Å². The van der Waals surface area contributed by atoms with Crippen molar-refractivity contribution in [2.75, 3.05) is 18.9 Å². The highest BCUT2D eigenvalue weighted by Gasteiger charge is 2.42. The van der Waals surface area contributed by atoms with Gasteiger partial charge in [-0.05, 0) is 36.8 Å². The average molecular weight is 323 g/mol. The molecular weight excluding hydrogens is 307 g/mol. The van der Waals surface area contributed by atoms with Crippen LogP contribution in [0.5, 0.6) is 0 Å². The first-order valence-corrected chi connectivity index (χ1v) is 8.01. The molecule has 0 atom stereocenters. The molecule has 0 aromatic heterocycles. The molecule has 1 fully saturated rings. The lowest BCUT2D eigenvalue weighted by Crippen LogP contribution is -2.31. The Morgan fingerprint density at radius 2 is 2.10 bits per heavy atom. The quantitative estimate of drug-likeness (QED) is 0.692. The van der Waals surface area contributed by atoms with Crippen molar-refractivity contribution in [3.63, 3.8) is 0 Å². The largest absolute Gasteiger partial charge is 0.396 e. The van der Waals surface area contributed by atoms with Crippen molar-refractivity contribution in [1.29, 1.82) is 0 Å². The highest BCUT2D eigenvalue weighted by atomic mass is 35.5. The van der Waals surface area contributed by atoms with Crippen molar-refractivity contribution >= 4 is 27.3 Å². The number of nitrogen functional groups attached to an aromatic ring is 1. The van der Waals surface area contributed by atoms with Gasteiger partial charge in [0.2, 0.25) is 10.0 Å². The number of hydrogen-bond donors (Lipinski definition) is 3. The lowest BCUT2D eigenvalue weighted by Gasteiger charge is -2.15. The van der Waals surface area contributed by atoms with Crippen LogP contribution in [0.25, 0.3) is 0 Å². The molecule has 1 aliphatic carbocycles. The number of nitrogens with one attached hydrogen (secondary N) is 1. The molecule has 1 saturated carbocycles. The van der Waals surface area contributed by atoms with E-state index >= 15 is 0 Å². The van der Waals surface area contributed by atoms with Gasteiger partial charge in [-0.1, -0.05) is 11.6 Å². The zero-order chi connectivity index (χ0) is 15.0. The van der Waals surface area contributed by atoms with Gasteiger partial charge in [-0.3, -0.25) is 0 Å². The number of aliphatic hydroxyl groups is 1. The monoisotopic (exact) mass is 322 g/mol. The predicted octanol–water partition coefficient (Wildman–Crippen LogP) is 1.50. The van der Waals surface area contributed by atoms with Crippen LogP contribution in [0.2, 0.25) is 5.02 Å². The Balaban J connectivity index is 2.17. The summed E-state index contributed by atoms with van der Waals surface area (Å²) >= 11 is 5.76. The number of sulfonamides is 1. The van der Waals surface area contributed by atoms with Crippen LogP contribution in [-0.4, -0.2) is 26.7 Å². The minimum atomic E-state index is -3.85. The van der Waals surface area contributed by atoms with Crippen molar-refractivity contribution in [3.8, 4) is 0 Å². The molecule has 0 radical (unpaired) electrons. The van der Waals surface area contributed by atoms with E-state index in [0.717, 1.165) is 25.0 Å². The van der Waals surface area contributed by atoms with Crippen LogP contribution in [0.1, 0.15) is 19.3 Å². The Morgan fingerprint density at radius 1 is 1.45 bits per heavy atom. The molecule has 1 aliphatic rings. The van der Waals surface area contributed by atoms with Gasteiger partial charge in [0.1, 0.15) is 10.7 Å². The highest BCUT2D eigenvalue weighted by molar-refractivity contribution is 7.89. The van der Waals surface area contributed by atoms with E-state index in [2.05, 4.69) is 4.72 Å². The zero-order valence-corrected chi connectivity index (χ0v) is 12.3. The van der Waals surface area contributed by atoms with Gasteiger partial charge in [-0.25, -0.2) is 17.5 Å². The second-order valence-corrected chi connectivity index (χ2v) is 7.24. The van der Waals surface area contributed by atoms with E-state index in [1.54, 1.807) is 0 Å². The summed E-state index contributed by atoms with van der Waals surface area (Å²) in [5, 5.41) is 8.73. The van der Waals surface area contributed by atoms with E-state index in [9.17, 15) is 12.8 Å². The molecule has 1 aromatic carbocycles. The summed E-state index contributed by atoms with van der Waals surface area (Å²) in [4.78, 5) is -0.238. The van der Waals surface area contributed by atoms with Crippen LogP contribution in [0.4, 0.5) is 10.1 Å². The third kappa shape index (κ3) is 3.22. The van der Waals surface area contributed by atoms with E-state index in [1.165, 1.54) is 0 Å². The highest BCUT2D eigenvalue weighted by Crippen LogP contribution is 2.48. The van der Waals surface area contributed by atoms with Crippen molar-refractivity contribution in [2.45, 2.75) is 24.2 Å². The Labute approximate surface area is 122 Å². The topological polar surface area (TPSA) is 92.4 Å². The Bertz CT molecular complexity index is 617. The molecule has 0 spiro atoms. The van der Waals surface area contributed by atoms with Crippen LogP contribution in [0.3, 0.4) is 0 Å². The number of halogens is 2. The second-order valence-electron chi connectivity index (χ2n) is 5.10. The van der Waals surface area contributed by atoms with Crippen LogP contribution in [-0.2, 0) is 10.0 Å². The number of rotatable bonds is 6. The molecule has 0 unspecified atom stereocenters. The third-order valence-corrected chi connectivity index (χ3v) is 5.44. The molecule has 4 N–H and O–H groups in total. The molecule has 1 aromatic rings. The first-order chi connectivity index (χ1) is 9.30. The average Bonchev–Trinajstić information content (AvgIpc) is 3.12. The number of hydrogen-bond acceptors (Lipinski definition) is 4.